The van der Waals surface area contributed by atoms with E-state index >= 15 is 0 Å². The monoisotopic (exact) mass is 571 g/mol. The van der Waals surface area contributed by atoms with E-state index in [-0.39, 0.29) is 34.8 Å². The minimum atomic E-state index is -0.0594. The third kappa shape index (κ3) is 10.6. The zero-order valence-corrected chi connectivity index (χ0v) is 24.6. The standard InChI is InChI=1S/C31H45N3O2.BrH/c1-4-5-6-7-8-9-10-11-26-20-22-34(23-21-26)31(27-12-16-29(17-13-27)32-24(2)35)28-14-18-30(19-15-28)33-25(3)36;/h12-19,26,31H,4-11,20-23H2,1-3H3,(H,32,35)(H,33,36);1H. The number of nitrogens with zero attached hydrogens (tertiary/aromatic N) is 1. The second-order valence-electron chi connectivity index (χ2n) is 10.4. The SMILES string of the molecule is Br.CCCCCCCCCC1CCN(C(c2ccc(NC(C)=O)cc2)c2ccc(NC(C)=O)cc2)CC1. The van der Waals surface area contributed by atoms with Crippen LogP contribution in [0.25, 0.3) is 0 Å². The summed E-state index contributed by atoms with van der Waals surface area (Å²) in [6.45, 7) is 7.52. The maximum Gasteiger partial charge on any atom is 0.221 e. The normalized spacial score (nSPS) is 14.3. The van der Waals surface area contributed by atoms with Gasteiger partial charge in [0.25, 0.3) is 0 Å². The van der Waals surface area contributed by atoms with Crippen LogP contribution in [-0.4, -0.2) is 29.8 Å². The number of piperidine rings is 1. The number of benzene rings is 2. The van der Waals surface area contributed by atoms with Crippen molar-refractivity contribution in [2.24, 2.45) is 5.92 Å². The second kappa shape index (κ2) is 16.6. The van der Waals surface area contributed by atoms with Crippen molar-refractivity contribution in [1.29, 1.82) is 0 Å². The zero-order valence-electron chi connectivity index (χ0n) is 22.9. The van der Waals surface area contributed by atoms with Gasteiger partial charge in [0.2, 0.25) is 11.8 Å². The molecule has 1 saturated heterocycles. The molecule has 3 rings (SSSR count). The number of hydrogen-bond donors (Lipinski definition) is 2. The van der Waals surface area contributed by atoms with Crippen molar-refractivity contribution in [3.8, 4) is 0 Å². The Morgan fingerprint density at radius 1 is 0.757 bits per heavy atom. The molecule has 37 heavy (non-hydrogen) atoms. The van der Waals surface area contributed by atoms with Gasteiger partial charge in [-0.25, -0.2) is 0 Å². The minimum Gasteiger partial charge on any atom is -0.326 e. The predicted molar refractivity (Wildman–Crippen MR) is 161 cm³/mol. The Kier molecular flexibility index (Phi) is 13.9. The van der Waals surface area contributed by atoms with Gasteiger partial charge in [-0.2, -0.15) is 0 Å². The van der Waals surface area contributed by atoms with Gasteiger partial charge in [0.05, 0.1) is 6.04 Å². The van der Waals surface area contributed by atoms with Gasteiger partial charge >= 0.3 is 0 Å². The first kappa shape index (κ1) is 31.0. The Morgan fingerprint density at radius 3 is 1.62 bits per heavy atom. The summed E-state index contributed by atoms with van der Waals surface area (Å²) < 4.78 is 0. The average Bonchev–Trinajstić information content (AvgIpc) is 2.86. The smallest absolute Gasteiger partial charge is 0.221 e. The van der Waals surface area contributed by atoms with Crippen LogP contribution in [0.2, 0.25) is 0 Å². The molecule has 6 heteroatoms. The van der Waals surface area contributed by atoms with Gasteiger partial charge < -0.3 is 10.6 Å². The third-order valence-electron chi connectivity index (χ3n) is 7.32. The largest absolute Gasteiger partial charge is 0.326 e. The molecular weight excluding hydrogens is 526 g/mol. The summed E-state index contributed by atoms with van der Waals surface area (Å²) in [5, 5.41) is 5.73. The number of nitrogens with one attached hydrogen (secondary N) is 2. The highest BCUT2D eigenvalue weighted by Crippen LogP contribution is 2.34. The number of likely N-dealkylation sites (tertiary alicyclic amines) is 1. The predicted octanol–water partition coefficient (Wildman–Crippen LogP) is 8.12. The molecule has 2 N–H and O–H groups in total. The molecule has 1 aliphatic rings. The van der Waals surface area contributed by atoms with Crippen LogP contribution in [0, 0.1) is 5.92 Å². The van der Waals surface area contributed by atoms with Crippen molar-refractivity contribution < 1.29 is 9.59 Å². The maximum absolute atomic E-state index is 11.4. The van der Waals surface area contributed by atoms with Gasteiger partial charge in [-0.1, -0.05) is 82.6 Å². The summed E-state index contributed by atoms with van der Waals surface area (Å²) in [5.74, 6) is 0.716. The van der Waals surface area contributed by atoms with Crippen molar-refractivity contribution in [3.05, 3.63) is 59.7 Å². The van der Waals surface area contributed by atoms with E-state index < -0.39 is 0 Å². The molecule has 0 unspecified atom stereocenters. The Labute approximate surface area is 234 Å². The first-order valence-electron chi connectivity index (χ1n) is 14.0. The van der Waals surface area contributed by atoms with Gasteiger partial charge in [0.15, 0.2) is 0 Å². The fraction of sp³-hybridized carbons (Fsp3) is 0.548. The summed E-state index contributed by atoms with van der Waals surface area (Å²) in [6, 6.07) is 16.6. The van der Waals surface area contributed by atoms with E-state index in [1.807, 2.05) is 24.3 Å². The molecule has 0 aromatic heterocycles. The summed E-state index contributed by atoms with van der Waals surface area (Å²) in [7, 11) is 0. The Balaban J connectivity index is 0.00000481. The number of carbonyl (C=O) groups is 2. The molecule has 0 radical (unpaired) electrons. The quantitative estimate of drug-likeness (QED) is 0.238. The molecule has 0 bridgehead atoms. The van der Waals surface area contributed by atoms with Gasteiger partial charge in [-0.15, -0.1) is 17.0 Å². The zero-order chi connectivity index (χ0) is 25.8. The van der Waals surface area contributed by atoms with Gasteiger partial charge in [0, 0.05) is 25.2 Å². The summed E-state index contributed by atoms with van der Waals surface area (Å²) in [6.07, 6.45) is 13.5. The van der Waals surface area contributed by atoms with Crippen LogP contribution in [0.4, 0.5) is 11.4 Å². The highest BCUT2D eigenvalue weighted by molar-refractivity contribution is 8.93. The molecule has 1 heterocycles. The molecule has 1 fully saturated rings. The van der Waals surface area contributed by atoms with Gasteiger partial charge in [0.1, 0.15) is 0 Å². The highest BCUT2D eigenvalue weighted by atomic mass is 79.9. The second-order valence-corrected chi connectivity index (χ2v) is 10.4. The van der Waals surface area contributed by atoms with E-state index in [0.29, 0.717) is 0 Å². The number of carbonyl (C=O) groups excluding carboxylic acids is 2. The molecular formula is C31H46BrN3O2. The van der Waals surface area contributed by atoms with Crippen molar-refractivity contribution in [2.75, 3.05) is 23.7 Å². The van der Waals surface area contributed by atoms with E-state index in [4.69, 9.17) is 0 Å². The Hall–Kier alpha value is -2.18. The van der Waals surface area contributed by atoms with Crippen LogP contribution in [0.5, 0.6) is 0 Å². The van der Waals surface area contributed by atoms with E-state index in [1.54, 1.807) is 0 Å². The Bertz CT molecular complexity index is 878. The molecule has 2 aromatic rings. The molecule has 5 nitrogen and oxygen atoms in total. The van der Waals surface area contributed by atoms with Gasteiger partial charge in [-0.05, 0) is 67.2 Å². The number of unbranched alkanes of at least 4 members (excludes halogenated alkanes) is 6. The van der Waals surface area contributed by atoms with Gasteiger partial charge in [-0.3, -0.25) is 14.5 Å². The average molecular weight is 573 g/mol. The van der Waals surface area contributed by atoms with E-state index in [2.05, 4.69) is 46.7 Å². The number of anilines is 2. The van der Waals surface area contributed by atoms with E-state index in [1.165, 1.54) is 89.2 Å². The summed E-state index contributed by atoms with van der Waals surface area (Å²) in [5.41, 5.74) is 4.09. The van der Waals surface area contributed by atoms with Crippen LogP contribution < -0.4 is 10.6 Å². The molecule has 0 aliphatic carbocycles. The van der Waals surface area contributed by atoms with Crippen LogP contribution in [0.3, 0.4) is 0 Å². The van der Waals surface area contributed by atoms with Crippen LogP contribution >= 0.6 is 17.0 Å². The molecule has 2 aromatic carbocycles. The molecule has 204 valence electrons. The molecule has 0 spiro atoms. The first-order chi connectivity index (χ1) is 17.5. The van der Waals surface area contributed by atoms with E-state index in [0.717, 1.165) is 30.4 Å². The maximum atomic E-state index is 11.4. The lowest BCUT2D eigenvalue weighted by Crippen LogP contribution is -2.37. The fourth-order valence-electron chi connectivity index (χ4n) is 5.41. The number of halogens is 1. The molecule has 0 saturated carbocycles. The summed E-state index contributed by atoms with van der Waals surface area (Å²) in [4.78, 5) is 25.5. The number of rotatable bonds is 13. The molecule has 1 aliphatic heterocycles. The first-order valence-corrected chi connectivity index (χ1v) is 14.0. The van der Waals surface area contributed by atoms with Crippen molar-refractivity contribution >= 4 is 40.2 Å². The van der Waals surface area contributed by atoms with Crippen LogP contribution in [-0.2, 0) is 9.59 Å². The summed E-state index contributed by atoms with van der Waals surface area (Å²) >= 11 is 0. The van der Waals surface area contributed by atoms with Crippen molar-refractivity contribution in [1.82, 2.24) is 4.90 Å². The molecule has 0 atom stereocenters. The van der Waals surface area contributed by atoms with Crippen LogP contribution in [0.1, 0.15) is 102 Å². The Morgan fingerprint density at radius 2 is 1.19 bits per heavy atom. The topological polar surface area (TPSA) is 61.4 Å². The minimum absolute atomic E-state index is 0. The fourth-order valence-corrected chi connectivity index (χ4v) is 5.41. The van der Waals surface area contributed by atoms with Crippen molar-refractivity contribution in [2.45, 2.75) is 91.0 Å². The van der Waals surface area contributed by atoms with Crippen molar-refractivity contribution in [3.63, 3.8) is 0 Å². The number of hydrogen-bond acceptors (Lipinski definition) is 3. The lowest BCUT2D eigenvalue weighted by molar-refractivity contribution is -0.115. The third-order valence-corrected chi connectivity index (χ3v) is 7.32. The van der Waals surface area contributed by atoms with Crippen LogP contribution in [0.15, 0.2) is 48.5 Å². The molecule has 2 amide bonds. The lowest BCUT2D eigenvalue weighted by atomic mass is 9.88. The highest BCUT2D eigenvalue weighted by Gasteiger charge is 2.27. The lowest BCUT2D eigenvalue weighted by Gasteiger charge is -2.38. The number of amides is 2. The van der Waals surface area contributed by atoms with E-state index in [9.17, 15) is 9.59 Å².